The van der Waals surface area contributed by atoms with Gasteiger partial charge in [0, 0.05) is 6.04 Å². The van der Waals surface area contributed by atoms with Crippen molar-refractivity contribution >= 4 is 0 Å². The van der Waals surface area contributed by atoms with Gasteiger partial charge in [-0.1, -0.05) is 20.3 Å². The van der Waals surface area contributed by atoms with Crippen molar-refractivity contribution in [2.45, 2.75) is 45.6 Å². The van der Waals surface area contributed by atoms with E-state index in [4.69, 9.17) is 4.42 Å². The molecule has 1 aromatic rings. The van der Waals surface area contributed by atoms with Gasteiger partial charge in [-0.25, -0.2) is 0 Å². The SMILES string of the molecule is CCCNC(CCC)Cc1ccoc1. The van der Waals surface area contributed by atoms with Crippen molar-refractivity contribution in [1.82, 2.24) is 5.32 Å². The first-order valence-corrected chi connectivity index (χ1v) is 5.61. The monoisotopic (exact) mass is 195 g/mol. The summed E-state index contributed by atoms with van der Waals surface area (Å²) in [5, 5.41) is 3.57. The molecule has 1 aromatic heterocycles. The first-order valence-electron chi connectivity index (χ1n) is 5.61. The molecule has 0 fully saturated rings. The number of furan rings is 1. The average molecular weight is 195 g/mol. The van der Waals surface area contributed by atoms with E-state index in [0.717, 1.165) is 13.0 Å². The van der Waals surface area contributed by atoms with E-state index in [1.165, 1.54) is 24.8 Å². The summed E-state index contributed by atoms with van der Waals surface area (Å²) >= 11 is 0. The molecule has 14 heavy (non-hydrogen) atoms. The van der Waals surface area contributed by atoms with Crippen molar-refractivity contribution in [3.8, 4) is 0 Å². The Morgan fingerprint density at radius 2 is 2.21 bits per heavy atom. The van der Waals surface area contributed by atoms with Crippen LogP contribution in [0.5, 0.6) is 0 Å². The Morgan fingerprint density at radius 3 is 2.79 bits per heavy atom. The van der Waals surface area contributed by atoms with Crippen molar-refractivity contribution in [1.29, 1.82) is 0 Å². The Morgan fingerprint density at radius 1 is 1.36 bits per heavy atom. The van der Waals surface area contributed by atoms with Crippen molar-refractivity contribution in [3.05, 3.63) is 24.2 Å². The second kappa shape index (κ2) is 6.66. The van der Waals surface area contributed by atoms with Crippen molar-refractivity contribution in [2.24, 2.45) is 0 Å². The molecule has 0 saturated heterocycles. The van der Waals surface area contributed by atoms with E-state index >= 15 is 0 Å². The van der Waals surface area contributed by atoms with E-state index in [-0.39, 0.29) is 0 Å². The van der Waals surface area contributed by atoms with Crippen LogP contribution in [0.25, 0.3) is 0 Å². The maximum Gasteiger partial charge on any atom is 0.0935 e. The average Bonchev–Trinajstić information content (AvgIpc) is 2.67. The van der Waals surface area contributed by atoms with Crippen LogP contribution in [0.15, 0.2) is 23.0 Å². The lowest BCUT2D eigenvalue weighted by Gasteiger charge is -2.16. The number of nitrogens with one attached hydrogen (secondary N) is 1. The van der Waals surface area contributed by atoms with Crippen LogP contribution in [0.2, 0.25) is 0 Å². The maximum absolute atomic E-state index is 5.07. The van der Waals surface area contributed by atoms with E-state index in [0.29, 0.717) is 6.04 Å². The lowest BCUT2D eigenvalue weighted by atomic mass is 10.0. The fourth-order valence-electron chi connectivity index (χ4n) is 1.67. The first kappa shape index (κ1) is 11.3. The Bertz CT molecular complexity index is 218. The van der Waals surface area contributed by atoms with Crippen LogP contribution in [-0.2, 0) is 6.42 Å². The summed E-state index contributed by atoms with van der Waals surface area (Å²) in [6.45, 7) is 5.55. The molecule has 2 heteroatoms. The molecule has 0 aliphatic rings. The molecule has 1 unspecified atom stereocenters. The highest BCUT2D eigenvalue weighted by Gasteiger charge is 2.07. The van der Waals surface area contributed by atoms with Crippen molar-refractivity contribution < 1.29 is 4.42 Å². The highest BCUT2D eigenvalue weighted by atomic mass is 16.3. The smallest absolute Gasteiger partial charge is 0.0935 e. The molecule has 0 bridgehead atoms. The molecule has 1 atom stereocenters. The molecule has 1 N–H and O–H groups in total. The fraction of sp³-hybridized carbons (Fsp3) is 0.667. The van der Waals surface area contributed by atoms with Gasteiger partial charge in [0.05, 0.1) is 12.5 Å². The van der Waals surface area contributed by atoms with Gasteiger partial charge >= 0.3 is 0 Å². The Kier molecular flexibility index (Phi) is 5.38. The molecule has 0 aliphatic heterocycles. The number of hydrogen-bond donors (Lipinski definition) is 1. The maximum atomic E-state index is 5.07. The van der Waals surface area contributed by atoms with Crippen LogP contribution in [0.4, 0.5) is 0 Å². The minimum atomic E-state index is 0.609. The zero-order valence-corrected chi connectivity index (χ0v) is 9.25. The number of rotatable bonds is 7. The highest BCUT2D eigenvalue weighted by Crippen LogP contribution is 2.08. The Hall–Kier alpha value is -0.760. The summed E-state index contributed by atoms with van der Waals surface area (Å²) in [4.78, 5) is 0. The third-order valence-corrected chi connectivity index (χ3v) is 2.38. The topological polar surface area (TPSA) is 25.2 Å². The third-order valence-electron chi connectivity index (χ3n) is 2.38. The van der Waals surface area contributed by atoms with Crippen LogP contribution in [-0.4, -0.2) is 12.6 Å². The van der Waals surface area contributed by atoms with Gasteiger partial charge in [-0.3, -0.25) is 0 Å². The van der Waals surface area contributed by atoms with Crippen LogP contribution < -0.4 is 5.32 Å². The molecule has 0 saturated carbocycles. The molecule has 1 heterocycles. The van der Waals surface area contributed by atoms with Crippen LogP contribution in [0, 0.1) is 0 Å². The predicted molar refractivity (Wildman–Crippen MR) is 59.4 cm³/mol. The van der Waals surface area contributed by atoms with E-state index in [1.54, 1.807) is 6.26 Å². The standard InChI is InChI=1S/C12H21NO/c1-3-5-12(13-7-4-2)9-11-6-8-14-10-11/h6,8,10,12-13H,3-5,7,9H2,1-2H3. The summed E-state index contributed by atoms with van der Waals surface area (Å²) < 4.78 is 5.07. The van der Waals surface area contributed by atoms with Gasteiger partial charge in [-0.2, -0.15) is 0 Å². The molecule has 0 radical (unpaired) electrons. The Balaban J connectivity index is 2.34. The lowest BCUT2D eigenvalue weighted by molar-refractivity contribution is 0.470. The summed E-state index contributed by atoms with van der Waals surface area (Å²) in [7, 11) is 0. The summed E-state index contributed by atoms with van der Waals surface area (Å²) in [6.07, 6.45) is 8.36. The minimum absolute atomic E-state index is 0.609. The van der Waals surface area contributed by atoms with E-state index in [2.05, 4.69) is 25.2 Å². The third kappa shape index (κ3) is 3.97. The lowest BCUT2D eigenvalue weighted by Crippen LogP contribution is -2.31. The Labute approximate surface area is 86.7 Å². The molecule has 1 rings (SSSR count). The molecular formula is C12H21NO. The predicted octanol–water partition coefficient (Wildman–Crippen LogP) is 2.99. The van der Waals surface area contributed by atoms with E-state index < -0.39 is 0 Å². The molecule has 2 nitrogen and oxygen atoms in total. The second-order valence-corrected chi connectivity index (χ2v) is 3.78. The van der Waals surface area contributed by atoms with Gasteiger partial charge in [-0.15, -0.1) is 0 Å². The second-order valence-electron chi connectivity index (χ2n) is 3.78. The van der Waals surface area contributed by atoms with E-state index in [1.807, 2.05) is 6.26 Å². The molecule has 80 valence electrons. The van der Waals surface area contributed by atoms with Gasteiger partial charge in [0.25, 0.3) is 0 Å². The normalized spacial score (nSPS) is 13.0. The minimum Gasteiger partial charge on any atom is -0.472 e. The van der Waals surface area contributed by atoms with Gasteiger partial charge < -0.3 is 9.73 Å². The van der Waals surface area contributed by atoms with Crippen molar-refractivity contribution in [2.75, 3.05) is 6.54 Å². The number of hydrogen-bond acceptors (Lipinski definition) is 2. The van der Waals surface area contributed by atoms with Crippen molar-refractivity contribution in [3.63, 3.8) is 0 Å². The summed E-state index contributed by atoms with van der Waals surface area (Å²) in [5.74, 6) is 0. The van der Waals surface area contributed by atoms with Crippen LogP contribution >= 0.6 is 0 Å². The zero-order valence-electron chi connectivity index (χ0n) is 9.25. The molecule has 0 aliphatic carbocycles. The molecule has 0 amide bonds. The van der Waals surface area contributed by atoms with E-state index in [9.17, 15) is 0 Å². The first-order chi connectivity index (χ1) is 6.86. The van der Waals surface area contributed by atoms with Gasteiger partial charge in [-0.05, 0) is 37.4 Å². The van der Waals surface area contributed by atoms with Crippen LogP contribution in [0.1, 0.15) is 38.7 Å². The highest BCUT2D eigenvalue weighted by molar-refractivity contribution is 5.07. The van der Waals surface area contributed by atoms with Crippen LogP contribution in [0.3, 0.4) is 0 Å². The molecule has 0 spiro atoms. The largest absolute Gasteiger partial charge is 0.472 e. The quantitative estimate of drug-likeness (QED) is 0.723. The van der Waals surface area contributed by atoms with Gasteiger partial charge in [0.15, 0.2) is 0 Å². The fourth-order valence-corrected chi connectivity index (χ4v) is 1.67. The molecule has 0 aromatic carbocycles. The molecular weight excluding hydrogens is 174 g/mol. The van der Waals surface area contributed by atoms with Gasteiger partial charge in [0.2, 0.25) is 0 Å². The summed E-state index contributed by atoms with van der Waals surface area (Å²) in [6, 6.07) is 2.66. The zero-order chi connectivity index (χ0) is 10.2. The summed E-state index contributed by atoms with van der Waals surface area (Å²) in [5.41, 5.74) is 1.30. The van der Waals surface area contributed by atoms with Gasteiger partial charge in [0.1, 0.15) is 0 Å².